The monoisotopic (exact) mass is 541 g/mol. The molecular weight excluding hydrogens is 525 g/mol. The van der Waals surface area contributed by atoms with Gasteiger partial charge in [-0.2, -0.15) is 13.2 Å². The van der Waals surface area contributed by atoms with E-state index in [0.29, 0.717) is 17.0 Å². The van der Waals surface area contributed by atoms with Crippen LogP contribution in [-0.4, -0.2) is 25.7 Å². The van der Waals surface area contributed by atoms with Crippen LogP contribution >= 0.6 is 23.2 Å². The Labute approximate surface area is 213 Å². The Bertz CT molecular complexity index is 1330. The van der Waals surface area contributed by atoms with Gasteiger partial charge in [0, 0.05) is 22.0 Å². The lowest BCUT2D eigenvalue weighted by Crippen LogP contribution is -2.40. The summed E-state index contributed by atoms with van der Waals surface area (Å²) in [6.45, 7) is -0.836. The van der Waals surface area contributed by atoms with E-state index in [1.54, 1.807) is 12.1 Å². The highest BCUT2D eigenvalue weighted by atomic mass is 35.5. The average Bonchev–Trinajstić information content (AvgIpc) is 3.08. The van der Waals surface area contributed by atoms with Gasteiger partial charge in [-0.25, -0.2) is 9.18 Å². The third-order valence-corrected chi connectivity index (χ3v) is 6.27. The van der Waals surface area contributed by atoms with Gasteiger partial charge in [-0.05, 0) is 48.0 Å². The second-order valence-electron chi connectivity index (χ2n) is 7.86. The van der Waals surface area contributed by atoms with Gasteiger partial charge in [-0.3, -0.25) is 9.69 Å². The largest absolute Gasteiger partial charge is 0.496 e. The molecule has 3 aromatic carbocycles. The SMILES string of the molecule is COc1ccc(Cl)cc1[C@]1(F)C(=O)N(COC(=O)c2ccc(CCl)cc2)c2cc(C(F)(F)F)ccc21. The predicted molar refractivity (Wildman–Crippen MR) is 125 cm³/mol. The number of benzene rings is 3. The molecule has 1 aliphatic rings. The molecule has 1 amide bonds. The highest BCUT2D eigenvalue weighted by molar-refractivity contribution is 6.30. The fourth-order valence-electron chi connectivity index (χ4n) is 3.91. The first-order valence-corrected chi connectivity index (χ1v) is 11.3. The van der Waals surface area contributed by atoms with Gasteiger partial charge in [0.25, 0.3) is 5.91 Å². The number of rotatable bonds is 6. The van der Waals surface area contributed by atoms with Gasteiger partial charge < -0.3 is 9.47 Å². The van der Waals surface area contributed by atoms with Crippen LogP contribution in [0.4, 0.5) is 23.2 Å². The summed E-state index contributed by atoms with van der Waals surface area (Å²) in [6, 6.07) is 12.2. The van der Waals surface area contributed by atoms with Crippen LogP contribution in [0.1, 0.15) is 32.6 Å². The van der Waals surface area contributed by atoms with Crippen molar-refractivity contribution < 1.29 is 36.6 Å². The molecule has 0 bridgehead atoms. The molecule has 188 valence electrons. The summed E-state index contributed by atoms with van der Waals surface area (Å²) in [5.41, 5.74) is -4.27. The van der Waals surface area contributed by atoms with E-state index < -0.39 is 41.7 Å². The molecule has 0 unspecified atom stereocenters. The molecule has 1 atom stereocenters. The van der Waals surface area contributed by atoms with E-state index >= 15 is 4.39 Å². The topological polar surface area (TPSA) is 55.8 Å². The third-order valence-electron chi connectivity index (χ3n) is 5.73. The van der Waals surface area contributed by atoms with Crippen molar-refractivity contribution in [3.05, 3.63) is 93.5 Å². The standard InChI is InChI=1S/C25H17Cl2F4NO4/c1-35-21-9-7-17(27)11-19(21)24(28)18-8-6-16(25(29,30)31)10-20(18)32(23(24)34)13-36-22(33)15-4-2-14(12-26)3-5-15/h2-11H,12-13H2,1H3/t24-/m0/s1. The minimum atomic E-state index is -4.76. The molecule has 1 heterocycles. The van der Waals surface area contributed by atoms with Gasteiger partial charge >= 0.3 is 12.1 Å². The maximum absolute atomic E-state index is 16.7. The summed E-state index contributed by atoms with van der Waals surface area (Å²) < 4.78 is 67.4. The summed E-state index contributed by atoms with van der Waals surface area (Å²) >= 11 is 11.8. The number of carbonyl (C=O) groups is 2. The lowest BCUT2D eigenvalue weighted by Gasteiger charge is -2.23. The molecule has 4 rings (SSSR count). The summed E-state index contributed by atoms with van der Waals surface area (Å²) in [5, 5.41) is 0.0781. The van der Waals surface area contributed by atoms with Crippen LogP contribution in [0.3, 0.4) is 0 Å². The van der Waals surface area contributed by atoms with Gasteiger partial charge in [0.05, 0.1) is 23.9 Å². The fraction of sp³-hybridized carbons (Fsp3) is 0.200. The van der Waals surface area contributed by atoms with Crippen molar-refractivity contribution in [1.29, 1.82) is 0 Å². The lowest BCUT2D eigenvalue weighted by atomic mass is 9.88. The Hall–Kier alpha value is -3.30. The van der Waals surface area contributed by atoms with Gasteiger partial charge in [-0.1, -0.05) is 29.8 Å². The highest BCUT2D eigenvalue weighted by Gasteiger charge is 2.55. The lowest BCUT2D eigenvalue weighted by molar-refractivity contribution is -0.137. The van der Waals surface area contributed by atoms with Crippen LogP contribution in [0.25, 0.3) is 0 Å². The summed E-state index contributed by atoms with van der Waals surface area (Å²) in [5.74, 6) is -1.95. The zero-order valence-corrected chi connectivity index (χ0v) is 20.0. The van der Waals surface area contributed by atoms with Crippen molar-refractivity contribution in [2.45, 2.75) is 17.7 Å². The number of hydrogen-bond acceptors (Lipinski definition) is 4. The van der Waals surface area contributed by atoms with E-state index in [-0.39, 0.29) is 33.3 Å². The van der Waals surface area contributed by atoms with Gasteiger partial charge in [-0.15, -0.1) is 11.6 Å². The van der Waals surface area contributed by atoms with Crippen molar-refractivity contribution in [1.82, 2.24) is 0 Å². The molecule has 3 aromatic rings. The number of anilines is 1. The number of fused-ring (bicyclic) bond motifs is 1. The molecule has 0 fully saturated rings. The maximum Gasteiger partial charge on any atom is 0.416 e. The van der Waals surface area contributed by atoms with Gasteiger partial charge in [0.1, 0.15) is 5.75 Å². The molecular formula is C25H17Cl2F4NO4. The molecule has 0 aliphatic carbocycles. The number of nitrogens with zero attached hydrogens (tertiary/aromatic N) is 1. The molecule has 0 radical (unpaired) electrons. The van der Waals surface area contributed by atoms with Crippen molar-refractivity contribution >= 4 is 40.8 Å². The van der Waals surface area contributed by atoms with Crippen LogP contribution in [0, 0.1) is 0 Å². The molecule has 36 heavy (non-hydrogen) atoms. The Morgan fingerprint density at radius 3 is 2.33 bits per heavy atom. The van der Waals surface area contributed by atoms with Crippen LogP contribution in [-0.2, 0) is 27.3 Å². The van der Waals surface area contributed by atoms with Crippen molar-refractivity contribution in [3.8, 4) is 5.75 Å². The Morgan fingerprint density at radius 2 is 1.72 bits per heavy atom. The molecule has 1 aliphatic heterocycles. The predicted octanol–water partition coefficient (Wildman–Crippen LogP) is 6.48. The summed E-state index contributed by atoms with van der Waals surface area (Å²) in [4.78, 5) is 26.6. The number of methoxy groups -OCH3 is 1. The van der Waals surface area contributed by atoms with E-state index in [0.717, 1.165) is 17.7 Å². The van der Waals surface area contributed by atoms with Crippen molar-refractivity contribution in [2.24, 2.45) is 0 Å². The molecule has 11 heteroatoms. The molecule has 0 spiro atoms. The Balaban J connectivity index is 1.76. The maximum atomic E-state index is 16.7. The van der Waals surface area contributed by atoms with Gasteiger partial charge in [0.15, 0.2) is 6.73 Å². The minimum Gasteiger partial charge on any atom is -0.496 e. The second kappa shape index (κ2) is 9.63. The Kier molecular flexibility index (Phi) is 6.90. The van der Waals surface area contributed by atoms with Crippen molar-refractivity contribution in [3.63, 3.8) is 0 Å². The molecule has 0 aromatic heterocycles. The van der Waals surface area contributed by atoms with Crippen molar-refractivity contribution in [2.75, 3.05) is 18.7 Å². The van der Waals surface area contributed by atoms with E-state index in [4.69, 9.17) is 32.7 Å². The first-order valence-electron chi connectivity index (χ1n) is 10.4. The molecule has 0 N–H and O–H groups in total. The summed E-state index contributed by atoms with van der Waals surface area (Å²) in [6.07, 6.45) is -4.76. The highest BCUT2D eigenvalue weighted by Crippen LogP contribution is 2.51. The minimum absolute atomic E-state index is 0.0423. The fourth-order valence-corrected chi connectivity index (χ4v) is 4.26. The number of esters is 1. The first kappa shape index (κ1) is 25.8. The summed E-state index contributed by atoms with van der Waals surface area (Å²) in [7, 11) is 1.25. The smallest absolute Gasteiger partial charge is 0.416 e. The zero-order valence-electron chi connectivity index (χ0n) is 18.5. The van der Waals surface area contributed by atoms with E-state index in [1.807, 2.05) is 0 Å². The average molecular weight is 542 g/mol. The van der Waals surface area contributed by atoms with Crippen LogP contribution in [0.5, 0.6) is 5.75 Å². The Morgan fingerprint density at radius 1 is 1.03 bits per heavy atom. The third kappa shape index (κ3) is 4.49. The molecule has 5 nitrogen and oxygen atoms in total. The second-order valence-corrected chi connectivity index (χ2v) is 8.56. The quantitative estimate of drug-likeness (QED) is 0.203. The number of hydrogen-bond donors (Lipinski definition) is 0. The number of amides is 1. The number of carbonyl (C=O) groups excluding carboxylic acids is 2. The molecule has 0 saturated carbocycles. The van der Waals surface area contributed by atoms with Crippen LogP contribution in [0.15, 0.2) is 60.7 Å². The van der Waals surface area contributed by atoms with E-state index in [1.165, 1.54) is 31.4 Å². The zero-order chi connectivity index (χ0) is 26.3. The number of ether oxygens (including phenoxy) is 2. The van der Waals surface area contributed by atoms with E-state index in [9.17, 15) is 22.8 Å². The van der Waals surface area contributed by atoms with E-state index in [2.05, 4.69) is 0 Å². The normalized spacial score (nSPS) is 17.2. The van der Waals surface area contributed by atoms with Crippen LogP contribution in [0.2, 0.25) is 5.02 Å². The van der Waals surface area contributed by atoms with Crippen LogP contribution < -0.4 is 9.64 Å². The van der Waals surface area contributed by atoms with Gasteiger partial charge in [0.2, 0.25) is 5.67 Å². The number of halogens is 6. The molecule has 0 saturated heterocycles. The first-order chi connectivity index (χ1) is 17.0. The number of alkyl halides is 5.